The second kappa shape index (κ2) is 6.08. The van der Waals surface area contributed by atoms with Crippen molar-refractivity contribution in [2.75, 3.05) is 0 Å². The predicted octanol–water partition coefficient (Wildman–Crippen LogP) is 2.87. The number of hydrogen-bond acceptors (Lipinski definition) is 1. The van der Waals surface area contributed by atoms with Gasteiger partial charge in [0.1, 0.15) is 0 Å². The van der Waals surface area contributed by atoms with E-state index in [9.17, 15) is 0 Å². The molecule has 0 amide bonds. The van der Waals surface area contributed by atoms with Crippen molar-refractivity contribution >= 4 is 9.76 Å². The Labute approximate surface area is 95.8 Å². The van der Waals surface area contributed by atoms with Crippen molar-refractivity contribution in [3.63, 3.8) is 0 Å². The van der Waals surface area contributed by atoms with Crippen molar-refractivity contribution in [2.24, 2.45) is 0 Å². The highest BCUT2D eigenvalue weighted by molar-refractivity contribution is 6.26. The molecule has 0 heterocycles. The van der Waals surface area contributed by atoms with Gasteiger partial charge < -0.3 is 4.43 Å². The lowest BCUT2D eigenvalue weighted by atomic mass is 10.0. The molecule has 2 heteroatoms. The van der Waals surface area contributed by atoms with E-state index in [0.29, 0.717) is 0 Å². The van der Waals surface area contributed by atoms with Crippen molar-refractivity contribution in [1.29, 1.82) is 0 Å². The summed E-state index contributed by atoms with van der Waals surface area (Å²) in [5, 5.41) is 0. The smallest absolute Gasteiger partial charge is 0.166 e. The molecule has 0 aliphatic rings. The van der Waals surface area contributed by atoms with E-state index < -0.39 is 9.76 Å². The minimum Gasteiger partial charge on any atom is -0.418 e. The van der Waals surface area contributed by atoms with Gasteiger partial charge in [0, 0.05) is 0 Å². The van der Waals surface area contributed by atoms with Gasteiger partial charge in [0.15, 0.2) is 9.76 Å². The lowest BCUT2D eigenvalue weighted by Gasteiger charge is -2.27. The normalized spacial score (nSPS) is 12.5. The molecule has 0 bridgehead atoms. The molecule has 15 heavy (non-hydrogen) atoms. The van der Waals surface area contributed by atoms with Crippen LogP contribution in [0.2, 0.25) is 0 Å². The molecule has 0 spiro atoms. The van der Waals surface area contributed by atoms with E-state index in [2.05, 4.69) is 51.1 Å². The molecule has 0 aromatic heterocycles. The summed E-state index contributed by atoms with van der Waals surface area (Å²) in [6, 6.07) is 11.8. The molecule has 0 saturated heterocycles. The summed E-state index contributed by atoms with van der Waals surface area (Å²) in [6.45, 7) is 6.64. The molecular weight excluding hydrogens is 200 g/mol. The highest BCUT2D eigenvalue weighted by Crippen LogP contribution is 2.18. The van der Waals surface area contributed by atoms with Gasteiger partial charge in [-0.1, -0.05) is 44.2 Å². The summed E-state index contributed by atoms with van der Waals surface area (Å²) in [4.78, 5) is 0. The van der Waals surface area contributed by atoms with E-state index in [1.165, 1.54) is 5.56 Å². The van der Waals surface area contributed by atoms with Crippen molar-refractivity contribution in [3.8, 4) is 0 Å². The first-order chi connectivity index (χ1) is 7.20. The Bertz CT molecular complexity index is 267. The average Bonchev–Trinajstić information content (AvgIpc) is 2.30. The first-order valence-corrected chi connectivity index (χ1v) is 7.46. The van der Waals surface area contributed by atoms with Crippen LogP contribution in [0.5, 0.6) is 0 Å². The first-order valence-electron chi connectivity index (χ1n) is 5.88. The second-order valence-corrected chi connectivity index (χ2v) is 5.44. The SMILES string of the molecule is CCC(C)(CC)O[SiH2]Cc1ccccc1. The molecule has 1 aromatic carbocycles. The predicted molar refractivity (Wildman–Crippen MR) is 68.8 cm³/mol. The Morgan fingerprint density at radius 2 is 1.73 bits per heavy atom. The van der Waals surface area contributed by atoms with Crippen LogP contribution in [0, 0.1) is 0 Å². The minimum atomic E-state index is -0.413. The standard InChI is InChI=1S/C13H22OSi/c1-4-13(3,5-2)14-15-11-12-9-7-6-8-10-12/h6-10H,4-5,11,15H2,1-3H3. The summed E-state index contributed by atoms with van der Waals surface area (Å²) >= 11 is 0. The zero-order valence-corrected chi connectivity index (χ0v) is 11.5. The van der Waals surface area contributed by atoms with Gasteiger partial charge in [-0.2, -0.15) is 0 Å². The van der Waals surface area contributed by atoms with Crippen LogP contribution in [0.15, 0.2) is 30.3 Å². The molecule has 0 fully saturated rings. The van der Waals surface area contributed by atoms with E-state index in [1.54, 1.807) is 0 Å². The van der Waals surface area contributed by atoms with Gasteiger partial charge in [0.2, 0.25) is 0 Å². The average molecular weight is 222 g/mol. The first kappa shape index (κ1) is 12.5. The van der Waals surface area contributed by atoms with Crippen molar-refractivity contribution in [3.05, 3.63) is 35.9 Å². The van der Waals surface area contributed by atoms with Crippen LogP contribution in [-0.4, -0.2) is 15.4 Å². The third-order valence-electron chi connectivity index (χ3n) is 3.18. The molecule has 1 rings (SSSR count). The van der Waals surface area contributed by atoms with Crippen LogP contribution < -0.4 is 0 Å². The quantitative estimate of drug-likeness (QED) is 0.673. The molecule has 0 N–H and O–H groups in total. The van der Waals surface area contributed by atoms with Crippen molar-refractivity contribution in [2.45, 2.75) is 45.3 Å². The van der Waals surface area contributed by atoms with E-state index in [0.717, 1.165) is 18.9 Å². The molecule has 84 valence electrons. The Morgan fingerprint density at radius 1 is 1.13 bits per heavy atom. The highest BCUT2D eigenvalue weighted by Gasteiger charge is 2.18. The Hall–Kier alpha value is -0.603. The number of hydrogen-bond donors (Lipinski definition) is 0. The summed E-state index contributed by atoms with van der Waals surface area (Å²) in [7, 11) is -0.413. The lowest BCUT2D eigenvalue weighted by Crippen LogP contribution is -2.29. The fourth-order valence-corrected chi connectivity index (χ4v) is 3.09. The summed E-state index contributed by atoms with van der Waals surface area (Å²) in [5.41, 5.74) is 1.54. The zero-order chi connectivity index (χ0) is 11.1. The third kappa shape index (κ3) is 4.18. The molecule has 0 unspecified atom stereocenters. The van der Waals surface area contributed by atoms with Gasteiger partial charge in [0.25, 0.3) is 0 Å². The fourth-order valence-electron chi connectivity index (χ4n) is 1.51. The van der Waals surface area contributed by atoms with Crippen LogP contribution in [0.3, 0.4) is 0 Å². The maximum Gasteiger partial charge on any atom is 0.166 e. The maximum absolute atomic E-state index is 6.07. The van der Waals surface area contributed by atoms with E-state index in [-0.39, 0.29) is 5.60 Å². The second-order valence-electron chi connectivity index (χ2n) is 4.24. The van der Waals surface area contributed by atoms with Crippen LogP contribution >= 0.6 is 0 Å². The number of rotatable bonds is 6. The van der Waals surface area contributed by atoms with Gasteiger partial charge >= 0.3 is 0 Å². The fraction of sp³-hybridized carbons (Fsp3) is 0.538. The summed E-state index contributed by atoms with van der Waals surface area (Å²) in [6.07, 6.45) is 2.23. The van der Waals surface area contributed by atoms with Gasteiger partial charge in [-0.05, 0) is 31.4 Å². The summed E-state index contributed by atoms with van der Waals surface area (Å²) < 4.78 is 6.07. The monoisotopic (exact) mass is 222 g/mol. The molecule has 0 aliphatic heterocycles. The number of benzene rings is 1. The lowest BCUT2D eigenvalue weighted by molar-refractivity contribution is 0.0850. The molecule has 1 nitrogen and oxygen atoms in total. The topological polar surface area (TPSA) is 9.23 Å². The van der Waals surface area contributed by atoms with Crippen molar-refractivity contribution in [1.82, 2.24) is 0 Å². The van der Waals surface area contributed by atoms with Gasteiger partial charge in [-0.15, -0.1) is 0 Å². The van der Waals surface area contributed by atoms with E-state index >= 15 is 0 Å². The van der Waals surface area contributed by atoms with Crippen LogP contribution in [0.4, 0.5) is 0 Å². The highest BCUT2D eigenvalue weighted by atomic mass is 28.2. The van der Waals surface area contributed by atoms with Crippen LogP contribution in [-0.2, 0) is 10.5 Å². The Kier molecular flexibility index (Phi) is 5.06. The molecular formula is C13H22OSi. The van der Waals surface area contributed by atoms with Crippen LogP contribution in [0.1, 0.15) is 39.2 Å². The van der Waals surface area contributed by atoms with Gasteiger partial charge in [0.05, 0.1) is 5.60 Å². The van der Waals surface area contributed by atoms with Gasteiger partial charge in [-0.25, -0.2) is 0 Å². The molecule has 0 aliphatic carbocycles. The minimum absolute atomic E-state index is 0.126. The Balaban J connectivity index is 2.33. The summed E-state index contributed by atoms with van der Waals surface area (Å²) in [5.74, 6) is 0. The molecule has 0 saturated carbocycles. The molecule has 1 aromatic rings. The maximum atomic E-state index is 6.07. The Morgan fingerprint density at radius 3 is 2.27 bits per heavy atom. The van der Waals surface area contributed by atoms with E-state index in [1.807, 2.05) is 0 Å². The largest absolute Gasteiger partial charge is 0.418 e. The van der Waals surface area contributed by atoms with Crippen LogP contribution in [0.25, 0.3) is 0 Å². The third-order valence-corrected chi connectivity index (χ3v) is 4.86. The van der Waals surface area contributed by atoms with Gasteiger partial charge in [-0.3, -0.25) is 0 Å². The zero-order valence-electron chi connectivity index (χ0n) is 10.1. The molecule has 0 atom stereocenters. The molecule has 0 radical (unpaired) electrons. The van der Waals surface area contributed by atoms with Crippen molar-refractivity contribution < 1.29 is 4.43 Å². The van der Waals surface area contributed by atoms with E-state index in [4.69, 9.17) is 4.43 Å².